The van der Waals surface area contributed by atoms with Gasteiger partial charge in [0, 0.05) is 5.56 Å². The van der Waals surface area contributed by atoms with Crippen LogP contribution >= 0.6 is 0 Å². The number of alkyl halides is 3. The fraction of sp³-hybridized carbons (Fsp3) is 0.600. The van der Waals surface area contributed by atoms with Gasteiger partial charge in [0.25, 0.3) is 0 Å². The topological polar surface area (TPSA) is 9.23 Å². The maximum atomic E-state index is 13.4. The Labute approximate surface area is 141 Å². The Hall–Kier alpha value is -1.45. The van der Waals surface area contributed by atoms with E-state index in [4.69, 9.17) is 4.74 Å². The summed E-state index contributed by atoms with van der Waals surface area (Å²) < 4.78 is 45.7. The lowest BCUT2D eigenvalue weighted by Gasteiger charge is -2.35. The molecule has 0 saturated heterocycles. The van der Waals surface area contributed by atoms with Crippen molar-refractivity contribution in [2.24, 2.45) is 5.92 Å². The molecule has 24 heavy (non-hydrogen) atoms. The number of halogens is 3. The van der Waals surface area contributed by atoms with Crippen LogP contribution in [0.15, 0.2) is 24.3 Å². The van der Waals surface area contributed by atoms with E-state index in [0.717, 1.165) is 36.0 Å². The molecule has 0 aromatic heterocycles. The van der Waals surface area contributed by atoms with Crippen LogP contribution < -0.4 is 4.74 Å². The highest BCUT2D eigenvalue weighted by molar-refractivity contribution is 5.62. The largest absolute Gasteiger partial charge is 0.473 e. The van der Waals surface area contributed by atoms with Crippen molar-refractivity contribution in [3.63, 3.8) is 0 Å². The average Bonchev–Trinajstić information content (AvgIpc) is 2.59. The van der Waals surface area contributed by atoms with Crippen LogP contribution in [-0.2, 0) is 6.42 Å². The van der Waals surface area contributed by atoms with E-state index in [0.29, 0.717) is 5.75 Å². The maximum absolute atomic E-state index is 13.4. The van der Waals surface area contributed by atoms with Crippen molar-refractivity contribution < 1.29 is 17.9 Å². The summed E-state index contributed by atoms with van der Waals surface area (Å²) in [5.74, 6) is 1.12. The standard InChI is InChI=1S/C20H25F3O/c1-2-19(20(21,22)23)13-12-17-11-10-16(14-18(17)24-19)9-8-15-6-4-3-5-7-15/h10-15H,2-9H2,1H3. The molecular formula is C20H25F3O. The quantitative estimate of drug-likeness (QED) is 0.624. The van der Waals surface area contributed by atoms with Crippen LogP contribution in [0.3, 0.4) is 0 Å². The smallest absolute Gasteiger partial charge is 0.432 e. The van der Waals surface area contributed by atoms with Crippen LogP contribution in [-0.4, -0.2) is 11.8 Å². The highest BCUT2D eigenvalue weighted by atomic mass is 19.4. The van der Waals surface area contributed by atoms with Crippen molar-refractivity contribution in [3.05, 3.63) is 35.4 Å². The number of hydrogen-bond acceptors (Lipinski definition) is 1. The van der Waals surface area contributed by atoms with E-state index in [1.807, 2.05) is 12.1 Å². The summed E-state index contributed by atoms with van der Waals surface area (Å²) in [6.07, 6.45) is 6.73. The van der Waals surface area contributed by atoms with E-state index in [-0.39, 0.29) is 6.42 Å². The zero-order valence-corrected chi connectivity index (χ0v) is 14.2. The number of benzene rings is 1. The lowest BCUT2D eigenvalue weighted by atomic mass is 9.85. The third-order valence-corrected chi connectivity index (χ3v) is 5.47. The zero-order chi connectivity index (χ0) is 17.2. The van der Waals surface area contributed by atoms with Crippen molar-refractivity contribution in [1.82, 2.24) is 0 Å². The van der Waals surface area contributed by atoms with Gasteiger partial charge in [0.2, 0.25) is 5.60 Å². The molecule has 1 nitrogen and oxygen atoms in total. The summed E-state index contributed by atoms with van der Waals surface area (Å²) in [5, 5.41) is 0. The highest BCUT2D eigenvalue weighted by Crippen LogP contribution is 2.43. The minimum atomic E-state index is -4.41. The molecular weight excluding hydrogens is 313 g/mol. The number of rotatable bonds is 4. The molecule has 1 fully saturated rings. The van der Waals surface area contributed by atoms with Crippen LogP contribution in [0.1, 0.15) is 63.0 Å². The second kappa shape index (κ2) is 6.81. The van der Waals surface area contributed by atoms with Crippen molar-refractivity contribution in [3.8, 4) is 5.75 Å². The molecule has 1 unspecified atom stereocenters. The molecule has 1 atom stereocenters. The molecule has 4 heteroatoms. The van der Waals surface area contributed by atoms with Crippen molar-refractivity contribution >= 4 is 6.08 Å². The Morgan fingerprint density at radius 2 is 1.92 bits per heavy atom. The van der Waals surface area contributed by atoms with E-state index in [2.05, 4.69) is 0 Å². The third kappa shape index (κ3) is 3.47. The van der Waals surface area contributed by atoms with E-state index >= 15 is 0 Å². The highest BCUT2D eigenvalue weighted by Gasteiger charge is 2.55. The third-order valence-electron chi connectivity index (χ3n) is 5.47. The summed E-state index contributed by atoms with van der Waals surface area (Å²) in [4.78, 5) is 0. The predicted molar refractivity (Wildman–Crippen MR) is 90.1 cm³/mol. The first kappa shape index (κ1) is 17.4. The summed E-state index contributed by atoms with van der Waals surface area (Å²) in [7, 11) is 0. The normalized spacial score (nSPS) is 24.5. The van der Waals surface area contributed by atoms with Gasteiger partial charge in [-0.2, -0.15) is 13.2 Å². The number of ether oxygens (including phenoxy) is 1. The average molecular weight is 338 g/mol. The molecule has 1 aromatic rings. The van der Waals surface area contributed by atoms with E-state index in [9.17, 15) is 13.2 Å². The van der Waals surface area contributed by atoms with E-state index in [1.165, 1.54) is 39.0 Å². The Morgan fingerprint density at radius 3 is 2.58 bits per heavy atom. The van der Waals surface area contributed by atoms with Gasteiger partial charge in [-0.15, -0.1) is 0 Å². The van der Waals surface area contributed by atoms with Gasteiger partial charge >= 0.3 is 6.18 Å². The molecule has 1 aliphatic carbocycles. The lowest BCUT2D eigenvalue weighted by molar-refractivity contribution is -0.230. The van der Waals surface area contributed by atoms with Gasteiger partial charge in [-0.05, 0) is 42.9 Å². The van der Waals surface area contributed by atoms with Gasteiger partial charge in [-0.3, -0.25) is 0 Å². The number of aryl methyl sites for hydroxylation is 1. The summed E-state index contributed by atoms with van der Waals surface area (Å²) in [6.45, 7) is 1.51. The molecule has 1 aromatic carbocycles. The molecule has 1 saturated carbocycles. The Balaban J connectivity index is 1.73. The van der Waals surface area contributed by atoms with Crippen molar-refractivity contribution in [2.75, 3.05) is 0 Å². The zero-order valence-electron chi connectivity index (χ0n) is 14.2. The van der Waals surface area contributed by atoms with Gasteiger partial charge in [-0.1, -0.05) is 57.2 Å². The van der Waals surface area contributed by atoms with Gasteiger partial charge in [0.1, 0.15) is 5.75 Å². The first-order valence-electron chi connectivity index (χ1n) is 9.01. The molecule has 0 spiro atoms. The fourth-order valence-electron chi connectivity index (χ4n) is 3.80. The van der Waals surface area contributed by atoms with Crippen LogP contribution in [0, 0.1) is 5.92 Å². The van der Waals surface area contributed by atoms with Crippen LogP contribution in [0.5, 0.6) is 5.75 Å². The summed E-state index contributed by atoms with van der Waals surface area (Å²) in [6, 6.07) is 5.69. The van der Waals surface area contributed by atoms with Gasteiger partial charge in [0.05, 0.1) is 0 Å². The maximum Gasteiger partial charge on any atom is 0.432 e. The molecule has 0 amide bonds. The first-order valence-corrected chi connectivity index (χ1v) is 9.01. The molecule has 0 N–H and O–H groups in total. The minimum absolute atomic E-state index is 0.126. The van der Waals surface area contributed by atoms with E-state index < -0.39 is 11.8 Å². The Bertz CT molecular complexity index is 599. The monoisotopic (exact) mass is 338 g/mol. The molecule has 0 bridgehead atoms. The Kier molecular flexibility index (Phi) is 4.93. The molecule has 0 radical (unpaired) electrons. The summed E-state index contributed by atoms with van der Waals surface area (Å²) in [5.41, 5.74) is -0.395. The summed E-state index contributed by atoms with van der Waals surface area (Å²) >= 11 is 0. The molecule has 2 aliphatic rings. The van der Waals surface area contributed by atoms with E-state index in [1.54, 1.807) is 12.1 Å². The van der Waals surface area contributed by atoms with Crippen molar-refractivity contribution in [1.29, 1.82) is 0 Å². The van der Waals surface area contributed by atoms with Crippen LogP contribution in [0.25, 0.3) is 6.08 Å². The fourth-order valence-corrected chi connectivity index (χ4v) is 3.80. The molecule has 1 heterocycles. The predicted octanol–water partition coefficient (Wildman–Crippen LogP) is 6.32. The SMILES string of the molecule is CCC1(C(F)(F)F)C=Cc2ccc(CCC3CCCCC3)cc2O1. The number of hydrogen-bond donors (Lipinski definition) is 0. The second-order valence-electron chi connectivity index (χ2n) is 7.09. The van der Waals surface area contributed by atoms with Crippen molar-refractivity contribution in [2.45, 2.75) is 70.1 Å². The lowest BCUT2D eigenvalue weighted by Crippen LogP contribution is -2.49. The number of fused-ring (bicyclic) bond motifs is 1. The molecule has 3 rings (SSSR count). The van der Waals surface area contributed by atoms with Gasteiger partial charge < -0.3 is 4.74 Å². The van der Waals surface area contributed by atoms with Crippen LogP contribution in [0.4, 0.5) is 13.2 Å². The molecule has 1 aliphatic heterocycles. The minimum Gasteiger partial charge on any atom is -0.473 e. The Morgan fingerprint density at radius 1 is 1.17 bits per heavy atom. The van der Waals surface area contributed by atoms with Gasteiger partial charge in [-0.25, -0.2) is 0 Å². The first-order chi connectivity index (χ1) is 11.4. The second-order valence-corrected chi connectivity index (χ2v) is 7.09. The molecule has 132 valence electrons. The van der Waals surface area contributed by atoms with Crippen LogP contribution in [0.2, 0.25) is 0 Å². The van der Waals surface area contributed by atoms with Gasteiger partial charge in [0.15, 0.2) is 0 Å².